The second-order valence-electron chi connectivity index (χ2n) is 8.29. The molecule has 1 saturated carbocycles. The number of hydrogen-bond acceptors (Lipinski definition) is 3. The van der Waals surface area contributed by atoms with Crippen molar-refractivity contribution >= 4 is 35.0 Å². The Morgan fingerprint density at radius 1 is 1.16 bits per heavy atom. The molecule has 0 aromatic heterocycles. The van der Waals surface area contributed by atoms with Gasteiger partial charge in [-0.15, -0.1) is 0 Å². The molecule has 0 radical (unpaired) electrons. The summed E-state index contributed by atoms with van der Waals surface area (Å²) in [4.78, 5) is 28.0. The van der Waals surface area contributed by atoms with Crippen molar-refractivity contribution in [1.29, 1.82) is 0 Å². The number of carbonyl (C=O) groups is 2. The van der Waals surface area contributed by atoms with Crippen LogP contribution in [-0.4, -0.2) is 35.4 Å². The van der Waals surface area contributed by atoms with Gasteiger partial charge in [0.1, 0.15) is 11.8 Å². The van der Waals surface area contributed by atoms with Gasteiger partial charge in [0.05, 0.1) is 5.02 Å². The van der Waals surface area contributed by atoms with Crippen LogP contribution in [0.3, 0.4) is 0 Å². The van der Waals surface area contributed by atoms with Crippen molar-refractivity contribution in [2.45, 2.75) is 64.6 Å². The zero-order valence-corrected chi connectivity index (χ0v) is 20.1. The van der Waals surface area contributed by atoms with Crippen LogP contribution in [0.1, 0.15) is 50.2 Å². The summed E-state index contributed by atoms with van der Waals surface area (Å²) >= 11 is 12.1. The Morgan fingerprint density at radius 2 is 1.91 bits per heavy atom. The fraction of sp³-hybridized carbons (Fsp3) is 0.440. The van der Waals surface area contributed by atoms with Gasteiger partial charge in [-0.05, 0) is 49.9 Å². The molecule has 2 amide bonds. The first-order chi connectivity index (χ1) is 15.4. The molecule has 5 nitrogen and oxygen atoms in total. The standard InChI is InChI=1S/C25H30Cl2N2O3/c1-3-22(25(31)28-20-9-4-5-10-20)29(15-18-8-6-7-17(2)13-18)24(30)16-32-23-12-11-19(26)14-21(23)27/h6-8,11-14,20,22H,3-5,9-10,15-16H2,1-2H3,(H,28,31). The zero-order valence-electron chi connectivity index (χ0n) is 18.6. The van der Waals surface area contributed by atoms with Crippen molar-refractivity contribution in [2.24, 2.45) is 0 Å². The fourth-order valence-electron chi connectivity index (χ4n) is 4.11. The number of benzene rings is 2. The Kier molecular flexibility index (Phi) is 8.83. The lowest BCUT2D eigenvalue weighted by Crippen LogP contribution is -2.52. The van der Waals surface area contributed by atoms with E-state index in [9.17, 15) is 9.59 Å². The van der Waals surface area contributed by atoms with Gasteiger partial charge in [-0.2, -0.15) is 0 Å². The molecule has 0 heterocycles. The fourth-order valence-corrected chi connectivity index (χ4v) is 4.57. The molecule has 172 valence electrons. The van der Waals surface area contributed by atoms with Gasteiger partial charge < -0.3 is 15.0 Å². The maximum atomic E-state index is 13.3. The van der Waals surface area contributed by atoms with E-state index >= 15 is 0 Å². The summed E-state index contributed by atoms with van der Waals surface area (Å²) in [6.07, 6.45) is 4.75. The van der Waals surface area contributed by atoms with Crippen LogP contribution >= 0.6 is 23.2 Å². The maximum Gasteiger partial charge on any atom is 0.261 e. The highest BCUT2D eigenvalue weighted by molar-refractivity contribution is 6.35. The van der Waals surface area contributed by atoms with Gasteiger partial charge in [0.15, 0.2) is 6.61 Å². The number of carbonyl (C=O) groups excluding carboxylic acids is 2. The number of rotatable bonds is 9. The van der Waals surface area contributed by atoms with Crippen molar-refractivity contribution in [2.75, 3.05) is 6.61 Å². The molecular formula is C25H30Cl2N2O3. The summed E-state index contributed by atoms with van der Waals surface area (Å²) in [5, 5.41) is 3.97. The number of aryl methyl sites for hydroxylation is 1. The van der Waals surface area contributed by atoms with Gasteiger partial charge in [-0.25, -0.2) is 0 Å². The Balaban J connectivity index is 1.77. The molecule has 3 rings (SSSR count). The van der Waals surface area contributed by atoms with Crippen LogP contribution < -0.4 is 10.1 Å². The largest absolute Gasteiger partial charge is 0.482 e. The number of nitrogens with zero attached hydrogens (tertiary/aromatic N) is 1. The van der Waals surface area contributed by atoms with Crippen LogP contribution in [0, 0.1) is 6.92 Å². The van der Waals surface area contributed by atoms with E-state index in [-0.39, 0.29) is 24.5 Å². The van der Waals surface area contributed by atoms with Crippen LogP contribution in [0.25, 0.3) is 0 Å². The Labute approximate surface area is 200 Å². The molecule has 32 heavy (non-hydrogen) atoms. The predicted molar refractivity (Wildman–Crippen MR) is 128 cm³/mol. The third-order valence-electron chi connectivity index (χ3n) is 5.77. The monoisotopic (exact) mass is 476 g/mol. The number of halogens is 2. The molecule has 1 aliphatic carbocycles. The van der Waals surface area contributed by atoms with Crippen molar-refractivity contribution in [3.63, 3.8) is 0 Å². The molecule has 0 aliphatic heterocycles. The lowest BCUT2D eigenvalue weighted by Gasteiger charge is -2.31. The van der Waals surface area contributed by atoms with Gasteiger partial charge in [-0.1, -0.05) is 72.8 Å². The first kappa shape index (κ1) is 24.4. The SMILES string of the molecule is CCC(C(=O)NC1CCCC1)N(Cc1cccc(C)c1)C(=O)COc1ccc(Cl)cc1Cl. The third kappa shape index (κ3) is 6.63. The third-order valence-corrected chi connectivity index (χ3v) is 6.30. The van der Waals surface area contributed by atoms with Gasteiger partial charge >= 0.3 is 0 Å². The van der Waals surface area contributed by atoms with Crippen LogP contribution in [0.2, 0.25) is 10.0 Å². The molecule has 0 spiro atoms. The summed E-state index contributed by atoms with van der Waals surface area (Å²) in [6.45, 7) is 4.03. The number of nitrogens with one attached hydrogen (secondary N) is 1. The number of hydrogen-bond donors (Lipinski definition) is 1. The molecular weight excluding hydrogens is 447 g/mol. The second kappa shape index (κ2) is 11.6. The van der Waals surface area contributed by atoms with Gasteiger partial charge in [0.2, 0.25) is 5.91 Å². The van der Waals surface area contributed by atoms with E-state index in [1.807, 2.05) is 38.1 Å². The van der Waals surface area contributed by atoms with E-state index in [0.29, 0.717) is 28.8 Å². The first-order valence-electron chi connectivity index (χ1n) is 11.1. The smallest absolute Gasteiger partial charge is 0.261 e. The van der Waals surface area contributed by atoms with E-state index in [1.54, 1.807) is 23.1 Å². The molecule has 0 bridgehead atoms. The molecule has 1 N–H and O–H groups in total. The highest BCUT2D eigenvalue weighted by Gasteiger charge is 2.31. The lowest BCUT2D eigenvalue weighted by atomic mass is 10.1. The molecule has 1 fully saturated rings. The van der Waals surface area contributed by atoms with Gasteiger partial charge in [-0.3, -0.25) is 9.59 Å². The highest BCUT2D eigenvalue weighted by atomic mass is 35.5. The average molecular weight is 477 g/mol. The normalized spacial score (nSPS) is 14.8. The lowest BCUT2D eigenvalue weighted by molar-refractivity contribution is -0.143. The topological polar surface area (TPSA) is 58.6 Å². The minimum Gasteiger partial charge on any atom is -0.482 e. The van der Waals surface area contributed by atoms with Crippen molar-refractivity contribution in [3.8, 4) is 5.75 Å². The van der Waals surface area contributed by atoms with E-state index < -0.39 is 6.04 Å². The van der Waals surface area contributed by atoms with E-state index in [2.05, 4.69) is 5.32 Å². The van der Waals surface area contributed by atoms with E-state index in [0.717, 1.165) is 36.8 Å². The number of amides is 2. The summed E-state index contributed by atoms with van der Waals surface area (Å²) in [5.74, 6) is -0.000694. The Bertz CT molecular complexity index is 945. The van der Waals surface area contributed by atoms with E-state index in [4.69, 9.17) is 27.9 Å². The van der Waals surface area contributed by atoms with Crippen molar-refractivity contribution in [1.82, 2.24) is 10.2 Å². The minimum absolute atomic E-state index is 0.107. The van der Waals surface area contributed by atoms with Gasteiger partial charge in [0, 0.05) is 17.6 Å². The Morgan fingerprint density at radius 3 is 2.56 bits per heavy atom. The van der Waals surface area contributed by atoms with Crippen LogP contribution in [0.4, 0.5) is 0 Å². The number of ether oxygens (including phenoxy) is 1. The minimum atomic E-state index is -0.576. The van der Waals surface area contributed by atoms with E-state index in [1.165, 1.54) is 0 Å². The van der Waals surface area contributed by atoms with Crippen molar-refractivity contribution in [3.05, 3.63) is 63.6 Å². The highest BCUT2D eigenvalue weighted by Crippen LogP contribution is 2.27. The second-order valence-corrected chi connectivity index (χ2v) is 9.13. The molecule has 1 unspecified atom stereocenters. The first-order valence-corrected chi connectivity index (χ1v) is 11.9. The van der Waals surface area contributed by atoms with Gasteiger partial charge in [0.25, 0.3) is 5.91 Å². The average Bonchev–Trinajstić information content (AvgIpc) is 3.26. The van der Waals surface area contributed by atoms with Crippen LogP contribution in [0.15, 0.2) is 42.5 Å². The molecule has 0 saturated heterocycles. The zero-order chi connectivity index (χ0) is 23.1. The molecule has 7 heteroatoms. The molecule has 2 aromatic rings. The summed E-state index contributed by atoms with van der Waals surface area (Å²) in [5.41, 5.74) is 2.07. The summed E-state index contributed by atoms with van der Waals surface area (Å²) in [7, 11) is 0. The molecule has 1 atom stereocenters. The summed E-state index contributed by atoms with van der Waals surface area (Å²) < 4.78 is 5.69. The predicted octanol–water partition coefficient (Wildman–Crippen LogP) is 5.55. The van der Waals surface area contributed by atoms with Crippen molar-refractivity contribution < 1.29 is 14.3 Å². The molecule has 2 aromatic carbocycles. The van der Waals surface area contributed by atoms with Crippen LogP contribution in [-0.2, 0) is 16.1 Å². The maximum absolute atomic E-state index is 13.3. The summed E-state index contributed by atoms with van der Waals surface area (Å²) in [6, 6.07) is 12.4. The Hall–Kier alpha value is -2.24. The molecule has 1 aliphatic rings. The quantitative estimate of drug-likeness (QED) is 0.516. The van der Waals surface area contributed by atoms with Crippen LogP contribution in [0.5, 0.6) is 5.75 Å².